The van der Waals surface area contributed by atoms with Gasteiger partial charge in [-0.3, -0.25) is 4.79 Å². The number of rotatable bonds is 0. The van der Waals surface area contributed by atoms with Crippen molar-refractivity contribution in [3.05, 3.63) is 11.3 Å². The summed E-state index contributed by atoms with van der Waals surface area (Å²) in [6.07, 6.45) is 7.08. The molecular formula is C16H22N2O. The molecule has 2 N–H and O–H groups in total. The Morgan fingerprint density at radius 1 is 1.37 bits per heavy atom. The zero-order valence-electron chi connectivity index (χ0n) is 11.6. The fourth-order valence-electron chi connectivity index (χ4n) is 6.38. The number of hydrogen-bond acceptors (Lipinski definition) is 2. The summed E-state index contributed by atoms with van der Waals surface area (Å²) in [6.45, 7) is 3.56. The van der Waals surface area contributed by atoms with Crippen LogP contribution in [-0.2, 0) is 4.79 Å². The number of piperidine rings is 3. The molecule has 2 saturated carbocycles. The van der Waals surface area contributed by atoms with Crippen LogP contribution in [0.5, 0.6) is 0 Å². The van der Waals surface area contributed by atoms with Gasteiger partial charge in [0.15, 0.2) is 0 Å². The van der Waals surface area contributed by atoms with Crippen LogP contribution < -0.4 is 10.6 Å². The number of amides is 1. The van der Waals surface area contributed by atoms with Crippen molar-refractivity contribution in [1.29, 1.82) is 0 Å². The van der Waals surface area contributed by atoms with E-state index in [1.165, 1.54) is 37.9 Å². The largest absolute Gasteiger partial charge is 0.329 e. The van der Waals surface area contributed by atoms with Gasteiger partial charge in [-0.2, -0.15) is 0 Å². The van der Waals surface area contributed by atoms with Crippen molar-refractivity contribution in [1.82, 2.24) is 10.6 Å². The molecule has 3 saturated heterocycles. The fourth-order valence-corrected chi connectivity index (χ4v) is 6.38. The molecule has 3 aliphatic heterocycles. The van der Waals surface area contributed by atoms with Gasteiger partial charge in [-0.05, 0) is 56.1 Å². The molecule has 5 atom stereocenters. The summed E-state index contributed by atoms with van der Waals surface area (Å²) < 4.78 is 0. The quantitative estimate of drug-likeness (QED) is 0.697. The molecule has 0 aromatic carbocycles. The summed E-state index contributed by atoms with van der Waals surface area (Å²) in [4.78, 5) is 11.9. The van der Waals surface area contributed by atoms with Gasteiger partial charge in [0.05, 0.1) is 0 Å². The molecule has 7 rings (SSSR count). The minimum Gasteiger partial charge on any atom is -0.329 e. The van der Waals surface area contributed by atoms with E-state index in [-0.39, 0.29) is 5.91 Å². The van der Waals surface area contributed by atoms with Gasteiger partial charge in [0, 0.05) is 29.0 Å². The maximum atomic E-state index is 11.9. The first-order valence-electron chi connectivity index (χ1n) is 7.91. The van der Waals surface area contributed by atoms with Gasteiger partial charge in [0.25, 0.3) is 0 Å². The molecule has 0 aromatic rings. The van der Waals surface area contributed by atoms with E-state index in [0.717, 1.165) is 30.6 Å². The van der Waals surface area contributed by atoms with Gasteiger partial charge in [0.1, 0.15) is 0 Å². The van der Waals surface area contributed by atoms with Crippen molar-refractivity contribution < 1.29 is 4.79 Å². The highest BCUT2D eigenvalue weighted by atomic mass is 16.1. The summed E-state index contributed by atoms with van der Waals surface area (Å²) in [5, 5.41) is 7.23. The van der Waals surface area contributed by atoms with Crippen LogP contribution in [0.4, 0.5) is 0 Å². The maximum Gasteiger partial charge on any atom is 0.224 e. The summed E-state index contributed by atoms with van der Waals surface area (Å²) in [7, 11) is 0. The minimum atomic E-state index is 0.261. The highest BCUT2D eigenvalue weighted by Crippen LogP contribution is 2.68. The van der Waals surface area contributed by atoms with Crippen LogP contribution in [-0.4, -0.2) is 18.0 Å². The van der Waals surface area contributed by atoms with E-state index < -0.39 is 0 Å². The smallest absolute Gasteiger partial charge is 0.224 e. The van der Waals surface area contributed by atoms with Gasteiger partial charge >= 0.3 is 0 Å². The van der Waals surface area contributed by atoms with Crippen LogP contribution in [0.1, 0.15) is 45.4 Å². The van der Waals surface area contributed by atoms with E-state index in [1.54, 1.807) is 5.57 Å². The lowest BCUT2D eigenvalue weighted by Crippen LogP contribution is -2.74. The third kappa shape index (κ3) is 1.09. The standard InChI is InChI=1S/C16H22N2O/c1-9-4-11-12-5-10-7-17-16(12,6-9)8-15(10)3-2-13(19)18-14(11)15/h9-10,12,17H,2-8H2,1H3,(H,18,19)/t9-,10-,12+,15-,16-/m1/s1. The van der Waals surface area contributed by atoms with Gasteiger partial charge in [-0.15, -0.1) is 0 Å². The van der Waals surface area contributed by atoms with Crippen molar-refractivity contribution in [3.63, 3.8) is 0 Å². The second-order valence-electron chi connectivity index (χ2n) is 7.82. The number of hydrogen-bond donors (Lipinski definition) is 2. The van der Waals surface area contributed by atoms with Crippen molar-refractivity contribution in [3.8, 4) is 0 Å². The Kier molecular flexibility index (Phi) is 1.77. The minimum absolute atomic E-state index is 0.261. The first kappa shape index (κ1) is 10.9. The molecule has 2 spiro atoms. The monoisotopic (exact) mass is 258 g/mol. The molecule has 0 unspecified atom stereocenters. The molecule has 5 bridgehead atoms. The Balaban J connectivity index is 1.76. The van der Waals surface area contributed by atoms with Gasteiger partial charge < -0.3 is 10.6 Å². The number of nitrogens with one attached hydrogen (secondary N) is 2. The van der Waals surface area contributed by atoms with Crippen molar-refractivity contribution in [2.24, 2.45) is 23.2 Å². The van der Waals surface area contributed by atoms with Gasteiger partial charge in [-0.25, -0.2) is 0 Å². The Morgan fingerprint density at radius 2 is 2.26 bits per heavy atom. The average Bonchev–Trinajstić information content (AvgIpc) is 2.39. The maximum absolute atomic E-state index is 11.9. The molecule has 0 aromatic heterocycles. The van der Waals surface area contributed by atoms with Crippen molar-refractivity contribution >= 4 is 5.91 Å². The van der Waals surface area contributed by atoms with Crippen LogP contribution in [0.15, 0.2) is 11.3 Å². The number of carbonyl (C=O) groups is 1. The Morgan fingerprint density at radius 3 is 3.16 bits per heavy atom. The summed E-state index contributed by atoms with van der Waals surface area (Å²) >= 11 is 0. The number of carbonyl (C=O) groups excluding carboxylic acids is 1. The third-order valence-electron chi connectivity index (χ3n) is 6.88. The second kappa shape index (κ2) is 3.08. The molecule has 7 aliphatic rings. The molecule has 4 aliphatic carbocycles. The summed E-state index contributed by atoms with van der Waals surface area (Å²) in [6, 6.07) is 0. The Labute approximate surface area is 114 Å². The third-order valence-corrected chi connectivity index (χ3v) is 6.88. The van der Waals surface area contributed by atoms with Crippen LogP contribution in [0.2, 0.25) is 0 Å². The normalized spacial score (nSPS) is 54.2. The average molecular weight is 258 g/mol. The lowest BCUT2D eigenvalue weighted by Gasteiger charge is -2.70. The van der Waals surface area contributed by atoms with Crippen LogP contribution >= 0.6 is 0 Å². The molecule has 3 nitrogen and oxygen atoms in total. The van der Waals surface area contributed by atoms with Crippen molar-refractivity contribution in [2.45, 2.75) is 51.0 Å². The highest BCUT2D eigenvalue weighted by molar-refractivity contribution is 5.80. The Hall–Kier alpha value is -0.830. The van der Waals surface area contributed by atoms with Crippen molar-refractivity contribution in [2.75, 3.05) is 6.54 Å². The van der Waals surface area contributed by atoms with Crippen LogP contribution in [0.3, 0.4) is 0 Å². The Bertz CT molecular complexity index is 525. The predicted molar refractivity (Wildman–Crippen MR) is 72.2 cm³/mol. The zero-order chi connectivity index (χ0) is 12.8. The first-order chi connectivity index (χ1) is 9.13. The van der Waals surface area contributed by atoms with E-state index in [9.17, 15) is 4.79 Å². The van der Waals surface area contributed by atoms with Gasteiger partial charge in [-0.1, -0.05) is 6.92 Å². The van der Waals surface area contributed by atoms with E-state index in [0.29, 0.717) is 11.0 Å². The molecule has 19 heavy (non-hydrogen) atoms. The lowest BCUT2D eigenvalue weighted by atomic mass is 9.41. The zero-order valence-corrected chi connectivity index (χ0v) is 11.6. The highest BCUT2D eigenvalue weighted by Gasteiger charge is 2.67. The van der Waals surface area contributed by atoms with Gasteiger partial charge in [0.2, 0.25) is 5.91 Å². The summed E-state index contributed by atoms with van der Waals surface area (Å²) in [5.41, 5.74) is 3.74. The molecule has 3 heterocycles. The van der Waals surface area contributed by atoms with Crippen LogP contribution in [0.25, 0.3) is 0 Å². The lowest BCUT2D eigenvalue weighted by molar-refractivity contribution is -0.131. The topological polar surface area (TPSA) is 41.1 Å². The SMILES string of the molecule is C[C@@H]1CC2=C3NC(=O)CC[C@]34C[C@@]3(C1)NC[C@H]4C[C@@H]23. The van der Waals surface area contributed by atoms with E-state index >= 15 is 0 Å². The molecular weight excluding hydrogens is 236 g/mol. The van der Waals surface area contributed by atoms with E-state index in [4.69, 9.17) is 0 Å². The van der Waals surface area contributed by atoms with E-state index in [2.05, 4.69) is 17.6 Å². The number of fused-ring (bicyclic) bond motifs is 1. The fraction of sp³-hybridized carbons (Fsp3) is 0.812. The second-order valence-corrected chi connectivity index (χ2v) is 7.82. The molecule has 0 radical (unpaired) electrons. The molecule has 102 valence electrons. The molecule has 3 heteroatoms. The molecule has 1 amide bonds. The first-order valence-corrected chi connectivity index (χ1v) is 7.91. The number of allylic oxidation sites excluding steroid dienone is 1. The molecule has 5 fully saturated rings. The van der Waals surface area contributed by atoms with Crippen LogP contribution in [0, 0.1) is 23.2 Å². The summed E-state index contributed by atoms with van der Waals surface area (Å²) in [5.74, 6) is 2.51. The predicted octanol–water partition coefficient (Wildman–Crippen LogP) is 1.95. The van der Waals surface area contributed by atoms with E-state index in [1.807, 2.05) is 0 Å².